The van der Waals surface area contributed by atoms with Crippen molar-refractivity contribution in [2.45, 2.75) is 20.0 Å². The zero-order valence-corrected chi connectivity index (χ0v) is 10.9. The smallest absolute Gasteiger partial charge is 0.261 e. The fraction of sp³-hybridized carbons (Fsp3) is 0.462. The molecule has 100 valence electrons. The van der Waals surface area contributed by atoms with Gasteiger partial charge in [0.15, 0.2) is 0 Å². The predicted octanol–water partition coefficient (Wildman–Crippen LogP) is 1.59. The Morgan fingerprint density at radius 3 is 2.39 bits per heavy atom. The molecule has 0 unspecified atom stereocenters. The Morgan fingerprint density at radius 2 is 1.89 bits per heavy atom. The summed E-state index contributed by atoms with van der Waals surface area (Å²) < 4.78 is 5.34. The van der Waals surface area contributed by atoms with E-state index in [1.807, 2.05) is 13.8 Å². The Balaban J connectivity index is 2.69. The van der Waals surface area contributed by atoms with Gasteiger partial charge in [0.2, 0.25) is 0 Å². The first kappa shape index (κ1) is 14.3. The van der Waals surface area contributed by atoms with Crippen LogP contribution in [0.15, 0.2) is 18.2 Å². The first-order valence-corrected chi connectivity index (χ1v) is 5.81. The van der Waals surface area contributed by atoms with E-state index in [9.17, 15) is 15.0 Å². The summed E-state index contributed by atoms with van der Waals surface area (Å²) in [4.78, 5) is 13.4. The van der Waals surface area contributed by atoms with E-state index in [0.29, 0.717) is 13.2 Å². The van der Waals surface area contributed by atoms with E-state index in [1.54, 1.807) is 7.05 Å². The number of carbonyl (C=O) groups excluding carboxylic acids is 1. The molecule has 0 atom stereocenters. The molecule has 0 bridgehead atoms. The second-order valence-corrected chi connectivity index (χ2v) is 4.32. The third kappa shape index (κ3) is 3.63. The Kier molecular flexibility index (Phi) is 4.97. The molecular formula is C13H19NO4. The minimum Gasteiger partial charge on any atom is -0.507 e. The van der Waals surface area contributed by atoms with Crippen LogP contribution < -0.4 is 0 Å². The average Bonchev–Trinajstić information content (AvgIpc) is 2.27. The summed E-state index contributed by atoms with van der Waals surface area (Å²) in [5, 5.41) is 19.2. The Bertz CT molecular complexity index is 397. The highest BCUT2D eigenvalue weighted by atomic mass is 16.5. The number of nitrogens with zero attached hydrogens (tertiary/aromatic N) is 1. The van der Waals surface area contributed by atoms with Gasteiger partial charge in [0.25, 0.3) is 5.91 Å². The number of hydrogen-bond donors (Lipinski definition) is 2. The molecule has 1 amide bonds. The van der Waals surface area contributed by atoms with E-state index in [1.165, 1.54) is 23.1 Å². The summed E-state index contributed by atoms with van der Waals surface area (Å²) in [5.74, 6) is -0.883. The van der Waals surface area contributed by atoms with Gasteiger partial charge in [-0.1, -0.05) is 6.07 Å². The Labute approximate surface area is 107 Å². The van der Waals surface area contributed by atoms with Crippen molar-refractivity contribution in [3.63, 3.8) is 0 Å². The number of aromatic hydroxyl groups is 2. The van der Waals surface area contributed by atoms with Crippen molar-refractivity contribution in [3.8, 4) is 11.5 Å². The maximum absolute atomic E-state index is 12.0. The number of carbonyl (C=O) groups is 1. The lowest BCUT2D eigenvalue weighted by atomic mass is 10.1. The fourth-order valence-corrected chi connectivity index (χ4v) is 1.47. The van der Waals surface area contributed by atoms with Crippen LogP contribution in [0, 0.1) is 0 Å². The number of ether oxygens (including phenoxy) is 1. The number of rotatable bonds is 5. The van der Waals surface area contributed by atoms with Crippen molar-refractivity contribution in [1.29, 1.82) is 0 Å². The number of phenols is 2. The molecular weight excluding hydrogens is 234 g/mol. The van der Waals surface area contributed by atoms with Gasteiger partial charge in [-0.2, -0.15) is 0 Å². The molecule has 0 saturated carbocycles. The summed E-state index contributed by atoms with van der Waals surface area (Å²) >= 11 is 0. The third-order valence-corrected chi connectivity index (χ3v) is 2.46. The van der Waals surface area contributed by atoms with Crippen LogP contribution in [0.5, 0.6) is 11.5 Å². The quantitative estimate of drug-likeness (QED) is 0.836. The van der Waals surface area contributed by atoms with E-state index in [4.69, 9.17) is 4.74 Å². The van der Waals surface area contributed by atoms with Crippen LogP contribution in [0.25, 0.3) is 0 Å². The van der Waals surface area contributed by atoms with Gasteiger partial charge in [-0.25, -0.2) is 0 Å². The molecule has 0 saturated heterocycles. The SMILES string of the molecule is CC(C)OCCN(C)C(=O)c1c(O)cccc1O. The predicted molar refractivity (Wildman–Crippen MR) is 67.8 cm³/mol. The minimum atomic E-state index is -0.432. The lowest BCUT2D eigenvalue weighted by molar-refractivity contribution is 0.0528. The van der Waals surface area contributed by atoms with Crippen molar-refractivity contribution in [1.82, 2.24) is 4.90 Å². The second-order valence-electron chi connectivity index (χ2n) is 4.32. The van der Waals surface area contributed by atoms with E-state index >= 15 is 0 Å². The van der Waals surface area contributed by atoms with Crippen molar-refractivity contribution >= 4 is 5.91 Å². The average molecular weight is 253 g/mol. The molecule has 1 aromatic rings. The van der Waals surface area contributed by atoms with Crippen LogP contribution in [0.3, 0.4) is 0 Å². The summed E-state index contributed by atoms with van der Waals surface area (Å²) in [6.07, 6.45) is 0.104. The van der Waals surface area contributed by atoms with Gasteiger partial charge < -0.3 is 19.8 Å². The maximum atomic E-state index is 12.0. The van der Waals surface area contributed by atoms with Gasteiger partial charge in [0.1, 0.15) is 17.1 Å². The Hall–Kier alpha value is -1.75. The van der Waals surface area contributed by atoms with Crippen molar-refractivity contribution < 1.29 is 19.7 Å². The molecule has 0 aliphatic heterocycles. The van der Waals surface area contributed by atoms with E-state index in [2.05, 4.69) is 0 Å². The fourth-order valence-electron chi connectivity index (χ4n) is 1.47. The summed E-state index contributed by atoms with van der Waals surface area (Å²) in [6, 6.07) is 4.21. The third-order valence-electron chi connectivity index (χ3n) is 2.46. The molecule has 1 aromatic carbocycles. The first-order chi connectivity index (χ1) is 8.43. The second kappa shape index (κ2) is 6.26. The van der Waals surface area contributed by atoms with Gasteiger partial charge in [-0.05, 0) is 26.0 Å². The van der Waals surface area contributed by atoms with Gasteiger partial charge >= 0.3 is 0 Å². The summed E-state index contributed by atoms with van der Waals surface area (Å²) in [5.41, 5.74) is -0.0791. The van der Waals surface area contributed by atoms with Crippen molar-refractivity contribution in [2.24, 2.45) is 0 Å². The molecule has 1 rings (SSSR count). The monoisotopic (exact) mass is 253 g/mol. The van der Waals surface area contributed by atoms with Crippen LogP contribution in [0.4, 0.5) is 0 Å². The van der Waals surface area contributed by atoms with Gasteiger partial charge in [-0.3, -0.25) is 4.79 Å². The summed E-state index contributed by atoms with van der Waals surface area (Å²) in [7, 11) is 1.60. The largest absolute Gasteiger partial charge is 0.507 e. The van der Waals surface area contributed by atoms with Crippen LogP contribution in [0.1, 0.15) is 24.2 Å². The molecule has 5 nitrogen and oxygen atoms in total. The first-order valence-electron chi connectivity index (χ1n) is 5.81. The Morgan fingerprint density at radius 1 is 1.33 bits per heavy atom. The standard InChI is InChI=1S/C13H19NO4/c1-9(2)18-8-7-14(3)13(17)12-10(15)5-4-6-11(12)16/h4-6,9,15-16H,7-8H2,1-3H3. The highest BCUT2D eigenvalue weighted by Gasteiger charge is 2.19. The lowest BCUT2D eigenvalue weighted by Crippen LogP contribution is -2.30. The molecule has 0 radical (unpaired) electrons. The molecule has 0 aromatic heterocycles. The molecule has 0 aliphatic carbocycles. The van der Waals surface area contributed by atoms with Crippen LogP contribution in [-0.2, 0) is 4.74 Å². The molecule has 5 heteroatoms. The number of likely N-dealkylation sites (N-methyl/N-ethyl adjacent to an activating group) is 1. The maximum Gasteiger partial charge on any atom is 0.261 e. The van der Waals surface area contributed by atoms with Crippen LogP contribution in [-0.4, -0.2) is 47.3 Å². The van der Waals surface area contributed by atoms with Crippen molar-refractivity contribution in [2.75, 3.05) is 20.2 Å². The van der Waals surface area contributed by atoms with E-state index in [-0.39, 0.29) is 23.2 Å². The molecule has 0 spiro atoms. The summed E-state index contributed by atoms with van der Waals surface area (Å²) in [6.45, 7) is 4.63. The molecule has 2 N–H and O–H groups in total. The van der Waals surface area contributed by atoms with E-state index in [0.717, 1.165) is 0 Å². The zero-order valence-electron chi connectivity index (χ0n) is 10.9. The number of amides is 1. The molecule has 18 heavy (non-hydrogen) atoms. The van der Waals surface area contributed by atoms with Crippen molar-refractivity contribution in [3.05, 3.63) is 23.8 Å². The van der Waals surface area contributed by atoms with Gasteiger partial charge in [0.05, 0.1) is 12.7 Å². The normalized spacial score (nSPS) is 10.7. The number of hydrogen-bond acceptors (Lipinski definition) is 4. The minimum absolute atomic E-state index is 0.0791. The highest BCUT2D eigenvalue weighted by molar-refractivity contribution is 5.99. The van der Waals surface area contributed by atoms with E-state index < -0.39 is 5.91 Å². The van der Waals surface area contributed by atoms with Gasteiger partial charge in [-0.15, -0.1) is 0 Å². The molecule has 0 heterocycles. The number of benzene rings is 1. The van der Waals surface area contributed by atoms with Crippen LogP contribution >= 0.6 is 0 Å². The zero-order chi connectivity index (χ0) is 13.7. The highest BCUT2D eigenvalue weighted by Crippen LogP contribution is 2.27. The molecule has 0 aliphatic rings. The lowest BCUT2D eigenvalue weighted by Gasteiger charge is -2.19. The van der Waals surface area contributed by atoms with Crippen LogP contribution in [0.2, 0.25) is 0 Å². The topological polar surface area (TPSA) is 70.0 Å². The number of phenolic OH excluding ortho intramolecular Hbond substituents is 2. The van der Waals surface area contributed by atoms with Gasteiger partial charge in [0, 0.05) is 13.6 Å². The molecule has 0 fully saturated rings.